The Kier molecular flexibility index (Phi) is 5.67. The van der Waals surface area contributed by atoms with Crippen LogP contribution in [0.2, 0.25) is 0 Å². The van der Waals surface area contributed by atoms with Gasteiger partial charge in [-0.15, -0.1) is 12.3 Å². The van der Waals surface area contributed by atoms with Crippen molar-refractivity contribution < 1.29 is 9.18 Å². The van der Waals surface area contributed by atoms with E-state index < -0.39 is 5.41 Å². The molecule has 0 spiro atoms. The predicted molar refractivity (Wildman–Crippen MR) is 97.9 cm³/mol. The molecule has 6 heteroatoms. The molecule has 2 N–H and O–H groups in total. The van der Waals surface area contributed by atoms with Crippen LogP contribution in [0.1, 0.15) is 37.7 Å². The summed E-state index contributed by atoms with van der Waals surface area (Å²) in [6, 6.07) is 6.53. The van der Waals surface area contributed by atoms with Gasteiger partial charge < -0.3 is 10.6 Å². The Hall–Kier alpha value is -2.26. The summed E-state index contributed by atoms with van der Waals surface area (Å²) in [6.07, 6.45) is 9.38. The van der Waals surface area contributed by atoms with Crippen LogP contribution in [0.4, 0.5) is 4.39 Å². The molecule has 2 heterocycles. The number of carbonyl (C=O) groups is 1. The first-order chi connectivity index (χ1) is 12.6. The van der Waals surface area contributed by atoms with Gasteiger partial charge in [0.05, 0.1) is 5.41 Å². The lowest BCUT2D eigenvalue weighted by Gasteiger charge is -2.36. The molecule has 1 fully saturated rings. The molecule has 26 heavy (non-hydrogen) atoms. The van der Waals surface area contributed by atoms with Gasteiger partial charge in [-0.3, -0.25) is 4.79 Å². The molecule has 1 aromatic carbocycles. The van der Waals surface area contributed by atoms with Gasteiger partial charge in [0.15, 0.2) is 5.66 Å². The summed E-state index contributed by atoms with van der Waals surface area (Å²) in [6.45, 7) is 2.10. The van der Waals surface area contributed by atoms with Crippen molar-refractivity contribution in [1.82, 2.24) is 10.6 Å². The maximum Gasteiger partial charge on any atom is 0.226 e. The average Bonchev–Trinajstić information content (AvgIpc) is 3.41. The maximum absolute atomic E-state index is 13.5. The van der Waals surface area contributed by atoms with Crippen LogP contribution in [0.15, 0.2) is 34.5 Å². The van der Waals surface area contributed by atoms with Crippen molar-refractivity contribution >= 4 is 5.91 Å². The minimum Gasteiger partial charge on any atom is -0.355 e. The first-order valence-corrected chi connectivity index (χ1v) is 9.19. The van der Waals surface area contributed by atoms with Gasteiger partial charge in [-0.2, -0.15) is 10.2 Å². The lowest BCUT2D eigenvalue weighted by Crippen LogP contribution is -2.49. The van der Waals surface area contributed by atoms with E-state index in [1.807, 2.05) is 6.07 Å². The van der Waals surface area contributed by atoms with E-state index in [0.29, 0.717) is 25.8 Å². The summed E-state index contributed by atoms with van der Waals surface area (Å²) in [5.41, 5.74) is -0.0217. The van der Waals surface area contributed by atoms with Gasteiger partial charge in [0.2, 0.25) is 5.91 Å². The van der Waals surface area contributed by atoms with E-state index in [4.69, 9.17) is 6.42 Å². The average molecular weight is 356 g/mol. The van der Waals surface area contributed by atoms with Gasteiger partial charge in [0.1, 0.15) is 5.82 Å². The molecule has 0 radical (unpaired) electrons. The van der Waals surface area contributed by atoms with Gasteiger partial charge in [-0.25, -0.2) is 4.39 Å². The zero-order valence-electron chi connectivity index (χ0n) is 14.9. The topological polar surface area (TPSA) is 65.8 Å². The molecule has 1 saturated heterocycles. The molecule has 2 aliphatic rings. The van der Waals surface area contributed by atoms with Crippen molar-refractivity contribution in [2.75, 3.05) is 19.6 Å². The van der Waals surface area contributed by atoms with Crippen LogP contribution in [-0.2, 0) is 11.2 Å². The van der Waals surface area contributed by atoms with E-state index in [2.05, 4.69) is 26.8 Å². The number of hydrogen-bond acceptors (Lipinski definition) is 4. The third-order valence-electron chi connectivity index (χ3n) is 5.34. The first-order valence-electron chi connectivity index (χ1n) is 9.19. The number of amides is 1. The highest BCUT2D eigenvalue weighted by atomic mass is 19.1. The van der Waals surface area contributed by atoms with Crippen LogP contribution in [0, 0.1) is 23.6 Å². The molecular weight excluding hydrogens is 331 g/mol. The fraction of sp³-hybridized carbons (Fsp3) is 0.550. The van der Waals surface area contributed by atoms with Crippen LogP contribution in [0.3, 0.4) is 0 Å². The zero-order valence-corrected chi connectivity index (χ0v) is 14.9. The van der Waals surface area contributed by atoms with E-state index in [9.17, 15) is 9.18 Å². The maximum atomic E-state index is 13.5. The number of terminal acetylenes is 1. The van der Waals surface area contributed by atoms with E-state index in [0.717, 1.165) is 37.9 Å². The minimum atomic E-state index is -0.497. The van der Waals surface area contributed by atoms with Crippen molar-refractivity contribution in [1.29, 1.82) is 0 Å². The summed E-state index contributed by atoms with van der Waals surface area (Å²) in [5.74, 6) is 2.38. The molecule has 0 aromatic heterocycles. The van der Waals surface area contributed by atoms with Crippen molar-refractivity contribution in [3.8, 4) is 12.3 Å². The van der Waals surface area contributed by atoms with Crippen molar-refractivity contribution in [2.45, 2.75) is 44.2 Å². The molecule has 0 aliphatic carbocycles. The number of nitrogens with one attached hydrogen (secondary N) is 2. The van der Waals surface area contributed by atoms with Gasteiger partial charge in [-0.05, 0) is 50.0 Å². The van der Waals surface area contributed by atoms with E-state index in [1.165, 1.54) is 12.1 Å². The van der Waals surface area contributed by atoms with Gasteiger partial charge >= 0.3 is 0 Å². The molecule has 5 nitrogen and oxygen atoms in total. The third-order valence-corrected chi connectivity index (χ3v) is 5.34. The quantitative estimate of drug-likeness (QED) is 0.704. The highest BCUT2D eigenvalue weighted by Crippen LogP contribution is 2.37. The van der Waals surface area contributed by atoms with Crippen LogP contribution in [-0.4, -0.2) is 31.2 Å². The van der Waals surface area contributed by atoms with E-state index in [-0.39, 0.29) is 17.4 Å². The fourth-order valence-corrected chi connectivity index (χ4v) is 3.66. The third kappa shape index (κ3) is 4.47. The van der Waals surface area contributed by atoms with Crippen LogP contribution in [0.25, 0.3) is 0 Å². The van der Waals surface area contributed by atoms with E-state index >= 15 is 0 Å². The van der Waals surface area contributed by atoms with E-state index in [1.54, 1.807) is 6.07 Å². The Morgan fingerprint density at radius 1 is 1.31 bits per heavy atom. The van der Waals surface area contributed by atoms with Crippen molar-refractivity contribution in [3.63, 3.8) is 0 Å². The lowest BCUT2D eigenvalue weighted by atomic mass is 9.73. The minimum absolute atomic E-state index is 0.0380. The Morgan fingerprint density at radius 3 is 2.73 bits per heavy atom. The SMILES string of the molecule is C#CCCC1(CCNC(=O)C2(Cc3cccc(F)c3)CCNCC2)N=N1. The molecule has 138 valence electrons. The lowest BCUT2D eigenvalue weighted by molar-refractivity contribution is -0.132. The molecule has 0 saturated carbocycles. The molecule has 1 aromatic rings. The summed E-state index contributed by atoms with van der Waals surface area (Å²) in [4.78, 5) is 13.0. The number of carbonyl (C=O) groups excluding carboxylic acids is 1. The zero-order chi connectivity index (χ0) is 18.5. The monoisotopic (exact) mass is 356 g/mol. The Balaban J connectivity index is 1.60. The molecule has 2 aliphatic heterocycles. The van der Waals surface area contributed by atoms with Crippen molar-refractivity contribution in [3.05, 3.63) is 35.6 Å². The summed E-state index contributed by atoms with van der Waals surface area (Å²) in [7, 11) is 0. The predicted octanol–water partition coefficient (Wildman–Crippen LogP) is 2.82. The number of piperidine rings is 1. The summed E-state index contributed by atoms with van der Waals surface area (Å²) < 4.78 is 13.5. The molecule has 0 bridgehead atoms. The molecular formula is C20H25FN4O. The highest BCUT2D eigenvalue weighted by molar-refractivity contribution is 5.83. The second-order valence-electron chi connectivity index (χ2n) is 7.23. The molecule has 3 rings (SSSR count). The molecule has 0 atom stereocenters. The second kappa shape index (κ2) is 7.96. The smallest absolute Gasteiger partial charge is 0.226 e. The first kappa shape index (κ1) is 18.5. The van der Waals surface area contributed by atoms with Gasteiger partial charge in [0, 0.05) is 25.8 Å². The summed E-state index contributed by atoms with van der Waals surface area (Å²) >= 11 is 0. The largest absolute Gasteiger partial charge is 0.355 e. The summed E-state index contributed by atoms with van der Waals surface area (Å²) in [5, 5.41) is 14.6. The Bertz CT molecular complexity index is 713. The molecule has 1 amide bonds. The van der Waals surface area contributed by atoms with Crippen LogP contribution < -0.4 is 10.6 Å². The van der Waals surface area contributed by atoms with Gasteiger partial charge in [-0.1, -0.05) is 12.1 Å². The van der Waals surface area contributed by atoms with Crippen LogP contribution >= 0.6 is 0 Å². The van der Waals surface area contributed by atoms with Crippen LogP contribution in [0.5, 0.6) is 0 Å². The highest BCUT2D eigenvalue weighted by Gasteiger charge is 2.41. The Morgan fingerprint density at radius 2 is 2.08 bits per heavy atom. The standard InChI is InChI=1S/C20H25FN4O/c1-2-3-7-20(24-25-20)10-13-23-18(26)19(8-11-22-12-9-19)15-16-5-4-6-17(21)14-16/h1,4-6,14,22H,3,7-13,15H2,(H,23,26). The normalized spacial score (nSPS) is 19.5. The Labute approximate surface area is 153 Å². The number of benzene rings is 1. The van der Waals surface area contributed by atoms with Crippen molar-refractivity contribution in [2.24, 2.45) is 15.6 Å². The van der Waals surface area contributed by atoms with Gasteiger partial charge in [0.25, 0.3) is 0 Å². The second-order valence-corrected chi connectivity index (χ2v) is 7.23. The number of nitrogens with zero attached hydrogens (tertiary/aromatic N) is 2. The number of halogens is 1. The fourth-order valence-electron chi connectivity index (χ4n) is 3.66. The number of rotatable bonds is 8. The molecule has 0 unspecified atom stereocenters. The number of hydrogen-bond donors (Lipinski definition) is 2.